The minimum atomic E-state index is -4.23. The van der Waals surface area contributed by atoms with E-state index >= 15 is 0 Å². The summed E-state index contributed by atoms with van der Waals surface area (Å²) in [6, 6.07) is 0. The summed E-state index contributed by atoms with van der Waals surface area (Å²) in [5.74, 6) is 0. The molecule has 8 nitrogen and oxygen atoms in total. The molecule has 0 saturated carbocycles. The van der Waals surface area contributed by atoms with Gasteiger partial charge in [-0.2, -0.15) is 0 Å². The van der Waals surface area contributed by atoms with E-state index in [1.165, 1.54) is 11.1 Å². The van der Waals surface area contributed by atoms with Crippen LogP contribution in [-0.2, 0) is 9.30 Å². The van der Waals surface area contributed by atoms with E-state index in [0.717, 1.165) is 0 Å². The molecule has 0 aliphatic heterocycles. The molecule has 20 heavy (non-hydrogen) atoms. The van der Waals surface area contributed by atoms with Crippen molar-refractivity contribution in [2.75, 3.05) is 19.4 Å². The fourth-order valence-electron chi connectivity index (χ4n) is 1.28. The molecule has 0 aliphatic rings. The van der Waals surface area contributed by atoms with Crippen LogP contribution < -0.4 is 5.32 Å². The standard InChI is InChI=1S/C11H23N2O6P/c1-5-13(8-20(16,17)18)7-9(14)6-12-10(15)19-11(2,3)4/h5,9,14H,1,6-8H2,2-4H3,(H,12,15)(H2,16,17,18). The van der Waals surface area contributed by atoms with Gasteiger partial charge in [-0.15, -0.1) is 0 Å². The number of carbonyl (C=O) groups is 1. The number of ether oxygens (including phenoxy) is 1. The first-order valence-corrected chi connectivity index (χ1v) is 7.79. The van der Waals surface area contributed by atoms with Crippen LogP contribution in [0.3, 0.4) is 0 Å². The first-order chi connectivity index (χ1) is 8.93. The smallest absolute Gasteiger partial charge is 0.407 e. The van der Waals surface area contributed by atoms with Crippen molar-refractivity contribution in [1.82, 2.24) is 10.2 Å². The molecule has 4 N–H and O–H groups in total. The Bertz CT molecular complexity index is 376. The normalized spacial score (nSPS) is 13.5. The lowest BCUT2D eigenvalue weighted by Crippen LogP contribution is -2.40. The van der Waals surface area contributed by atoms with E-state index in [-0.39, 0.29) is 13.1 Å². The summed E-state index contributed by atoms with van der Waals surface area (Å²) in [4.78, 5) is 30.2. The van der Waals surface area contributed by atoms with Gasteiger partial charge in [-0.3, -0.25) is 4.57 Å². The second kappa shape index (κ2) is 7.64. The van der Waals surface area contributed by atoms with E-state index in [0.29, 0.717) is 0 Å². The Morgan fingerprint density at radius 2 is 2.05 bits per heavy atom. The molecular weight excluding hydrogens is 287 g/mol. The number of aliphatic hydroxyl groups is 1. The van der Waals surface area contributed by atoms with Crippen molar-refractivity contribution in [2.24, 2.45) is 0 Å². The van der Waals surface area contributed by atoms with Crippen molar-refractivity contribution < 1.29 is 29.0 Å². The van der Waals surface area contributed by atoms with Gasteiger partial charge in [-0.05, 0) is 27.0 Å². The molecule has 9 heteroatoms. The van der Waals surface area contributed by atoms with Crippen molar-refractivity contribution >= 4 is 13.7 Å². The highest BCUT2D eigenvalue weighted by molar-refractivity contribution is 7.51. The first-order valence-electron chi connectivity index (χ1n) is 5.99. The van der Waals surface area contributed by atoms with Crippen LogP contribution in [0.4, 0.5) is 4.79 Å². The number of amides is 1. The van der Waals surface area contributed by atoms with Gasteiger partial charge in [0.2, 0.25) is 0 Å². The molecule has 0 spiro atoms. The molecule has 0 aliphatic carbocycles. The monoisotopic (exact) mass is 310 g/mol. The Kier molecular flexibility index (Phi) is 7.22. The lowest BCUT2D eigenvalue weighted by Gasteiger charge is -2.24. The lowest BCUT2D eigenvalue weighted by molar-refractivity contribution is 0.0480. The van der Waals surface area contributed by atoms with E-state index in [4.69, 9.17) is 14.5 Å². The van der Waals surface area contributed by atoms with Crippen molar-refractivity contribution in [3.05, 3.63) is 12.8 Å². The van der Waals surface area contributed by atoms with Crippen LogP contribution in [0.1, 0.15) is 20.8 Å². The summed E-state index contributed by atoms with van der Waals surface area (Å²) in [5, 5.41) is 12.0. The molecule has 118 valence electrons. The van der Waals surface area contributed by atoms with Crippen molar-refractivity contribution in [3.8, 4) is 0 Å². The second-order valence-electron chi connectivity index (χ2n) is 5.30. The minimum Gasteiger partial charge on any atom is -0.444 e. The zero-order chi connectivity index (χ0) is 16.0. The van der Waals surface area contributed by atoms with Crippen LogP contribution in [0.2, 0.25) is 0 Å². The Hall–Kier alpha value is -1.08. The molecule has 0 rings (SSSR count). The Balaban J connectivity index is 4.15. The quantitative estimate of drug-likeness (QED) is 0.504. The number of rotatable bonds is 7. The van der Waals surface area contributed by atoms with Crippen LogP contribution in [0.25, 0.3) is 0 Å². The number of hydrogen-bond donors (Lipinski definition) is 4. The summed E-state index contributed by atoms with van der Waals surface area (Å²) < 4.78 is 15.8. The molecule has 1 atom stereocenters. The summed E-state index contributed by atoms with van der Waals surface area (Å²) in [6.07, 6.45) is -1.00. The van der Waals surface area contributed by atoms with E-state index in [1.807, 2.05) is 0 Å². The maximum Gasteiger partial charge on any atom is 0.407 e. The van der Waals surface area contributed by atoms with Crippen LogP contribution >= 0.6 is 7.60 Å². The Morgan fingerprint density at radius 3 is 2.45 bits per heavy atom. The van der Waals surface area contributed by atoms with Gasteiger partial charge in [0.1, 0.15) is 11.9 Å². The number of nitrogens with one attached hydrogen (secondary N) is 1. The SMILES string of the molecule is C=CN(CC(O)CNC(=O)OC(C)(C)C)CP(=O)(O)O. The van der Waals surface area contributed by atoms with Crippen LogP contribution in [0, 0.1) is 0 Å². The molecule has 0 saturated heterocycles. The zero-order valence-corrected chi connectivity index (χ0v) is 12.8. The predicted octanol–water partition coefficient (Wildman–Crippen LogP) is 0.453. The number of nitrogens with zero attached hydrogens (tertiary/aromatic N) is 1. The molecule has 0 radical (unpaired) electrons. The van der Waals surface area contributed by atoms with Gasteiger partial charge in [0.05, 0.1) is 6.10 Å². The maximum absolute atomic E-state index is 11.3. The van der Waals surface area contributed by atoms with Crippen LogP contribution in [0.15, 0.2) is 12.8 Å². The van der Waals surface area contributed by atoms with Crippen molar-refractivity contribution in [1.29, 1.82) is 0 Å². The summed E-state index contributed by atoms with van der Waals surface area (Å²) in [6.45, 7) is 8.37. The van der Waals surface area contributed by atoms with Gasteiger partial charge < -0.3 is 29.8 Å². The maximum atomic E-state index is 11.3. The molecule has 0 heterocycles. The molecule has 0 aromatic rings. The van der Waals surface area contributed by atoms with Gasteiger partial charge in [0.25, 0.3) is 0 Å². The molecular formula is C11H23N2O6P. The third-order valence-electron chi connectivity index (χ3n) is 1.95. The average molecular weight is 310 g/mol. The first kappa shape index (κ1) is 18.9. The third-order valence-corrected chi connectivity index (χ3v) is 2.68. The number of alkyl carbamates (subject to hydrolysis) is 1. The van der Waals surface area contributed by atoms with Crippen molar-refractivity contribution in [2.45, 2.75) is 32.5 Å². The largest absolute Gasteiger partial charge is 0.444 e. The van der Waals surface area contributed by atoms with Gasteiger partial charge in [-0.25, -0.2) is 4.79 Å². The van der Waals surface area contributed by atoms with E-state index < -0.39 is 31.7 Å². The van der Waals surface area contributed by atoms with Crippen molar-refractivity contribution in [3.63, 3.8) is 0 Å². The lowest BCUT2D eigenvalue weighted by atomic mass is 10.2. The van der Waals surface area contributed by atoms with Crippen LogP contribution in [-0.4, -0.2) is 57.0 Å². The predicted molar refractivity (Wildman–Crippen MR) is 74.1 cm³/mol. The van der Waals surface area contributed by atoms with E-state index in [1.54, 1.807) is 20.8 Å². The molecule has 0 aromatic heterocycles. The summed E-state index contributed by atoms with van der Waals surface area (Å²) in [5.41, 5.74) is -0.636. The second-order valence-corrected chi connectivity index (χ2v) is 6.91. The Labute approximate surface area is 118 Å². The van der Waals surface area contributed by atoms with Gasteiger partial charge in [0.15, 0.2) is 0 Å². The topological polar surface area (TPSA) is 119 Å². The molecule has 0 fully saturated rings. The van der Waals surface area contributed by atoms with Crippen LogP contribution in [0.5, 0.6) is 0 Å². The number of hydrogen-bond acceptors (Lipinski definition) is 5. The molecule has 1 amide bonds. The van der Waals surface area contributed by atoms with Gasteiger partial charge in [0, 0.05) is 13.1 Å². The number of aliphatic hydroxyl groups excluding tert-OH is 1. The van der Waals surface area contributed by atoms with E-state index in [2.05, 4.69) is 11.9 Å². The molecule has 1 unspecified atom stereocenters. The highest BCUT2D eigenvalue weighted by Gasteiger charge is 2.20. The molecule has 0 bridgehead atoms. The highest BCUT2D eigenvalue weighted by atomic mass is 31.2. The summed E-state index contributed by atoms with van der Waals surface area (Å²) in [7, 11) is -4.23. The zero-order valence-electron chi connectivity index (χ0n) is 11.9. The van der Waals surface area contributed by atoms with Gasteiger partial charge in [-0.1, -0.05) is 6.58 Å². The fourth-order valence-corrected chi connectivity index (χ4v) is 1.98. The average Bonchev–Trinajstić information content (AvgIpc) is 2.21. The third kappa shape index (κ3) is 10.8. The highest BCUT2D eigenvalue weighted by Crippen LogP contribution is 2.35. The molecule has 0 aromatic carbocycles. The Morgan fingerprint density at radius 1 is 1.50 bits per heavy atom. The van der Waals surface area contributed by atoms with Gasteiger partial charge >= 0.3 is 13.7 Å². The summed E-state index contributed by atoms with van der Waals surface area (Å²) >= 11 is 0. The minimum absolute atomic E-state index is 0.0651. The number of carbonyl (C=O) groups excluding carboxylic acids is 1. The fraction of sp³-hybridized carbons (Fsp3) is 0.727. The van der Waals surface area contributed by atoms with E-state index in [9.17, 15) is 14.5 Å².